The van der Waals surface area contributed by atoms with Crippen LogP contribution < -0.4 is 0 Å². The van der Waals surface area contributed by atoms with E-state index in [1.54, 1.807) is 17.7 Å². The molecule has 0 aliphatic carbocycles. The van der Waals surface area contributed by atoms with Crippen LogP contribution in [0.4, 0.5) is 0 Å². The number of rotatable bonds is 3. The van der Waals surface area contributed by atoms with Crippen molar-refractivity contribution in [2.24, 2.45) is 0 Å². The maximum Gasteiger partial charge on any atom is 0.339 e. The molecule has 0 spiro atoms. The molecule has 0 fully saturated rings. The van der Waals surface area contributed by atoms with Crippen molar-refractivity contribution in [3.8, 4) is 0 Å². The van der Waals surface area contributed by atoms with Crippen molar-refractivity contribution in [2.75, 3.05) is 0 Å². The van der Waals surface area contributed by atoms with Gasteiger partial charge in [-0.3, -0.25) is 4.68 Å². The SMILES string of the molecule is Cc1cc(C)n(Cc2cc(C(=O)O)c(C)o2)n1. The number of hydrogen-bond acceptors (Lipinski definition) is 3. The normalized spacial score (nSPS) is 10.8. The number of carboxylic acids is 1. The van der Waals surface area contributed by atoms with E-state index in [0.29, 0.717) is 18.1 Å². The highest BCUT2D eigenvalue weighted by molar-refractivity contribution is 5.88. The van der Waals surface area contributed by atoms with Crippen LogP contribution in [0.3, 0.4) is 0 Å². The van der Waals surface area contributed by atoms with Crippen LogP contribution in [0.25, 0.3) is 0 Å². The van der Waals surface area contributed by atoms with E-state index >= 15 is 0 Å². The number of carboxylic acid groups (broad SMARTS) is 1. The standard InChI is InChI=1S/C12H14N2O3/c1-7-4-8(2)14(13-7)6-10-5-11(12(15)16)9(3)17-10/h4-5H,6H2,1-3H3,(H,15,16). The third-order valence-corrected chi connectivity index (χ3v) is 2.61. The molecular weight excluding hydrogens is 220 g/mol. The van der Waals surface area contributed by atoms with Crippen molar-refractivity contribution in [3.05, 3.63) is 40.6 Å². The molecular formula is C12H14N2O3. The molecule has 0 saturated heterocycles. The highest BCUT2D eigenvalue weighted by Crippen LogP contribution is 2.16. The lowest BCUT2D eigenvalue weighted by Gasteiger charge is -2.00. The van der Waals surface area contributed by atoms with Crippen molar-refractivity contribution >= 4 is 5.97 Å². The average Bonchev–Trinajstić information content (AvgIpc) is 2.71. The monoisotopic (exact) mass is 234 g/mol. The second kappa shape index (κ2) is 4.08. The van der Waals surface area contributed by atoms with Crippen LogP contribution in [0.2, 0.25) is 0 Å². The third kappa shape index (κ3) is 2.22. The van der Waals surface area contributed by atoms with Crippen LogP contribution in [-0.4, -0.2) is 20.9 Å². The summed E-state index contributed by atoms with van der Waals surface area (Å²) in [5.41, 5.74) is 2.17. The first-order valence-electron chi connectivity index (χ1n) is 5.31. The van der Waals surface area contributed by atoms with E-state index in [1.165, 1.54) is 0 Å². The molecule has 5 heteroatoms. The zero-order chi connectivity index (χ0) is 12.6. The van der Waals surface area contributed by atoms with Gasteiger partial charge >= 0.3 is 5.97 Å². The smallest absolute Gasteiger partial charge is 0.339 e. The Morgan fingerprint density at radius 3 is 2.59 bits per heavy atom. The van der Waals surface area contributed by atoms with Gasteiger partial charge in [0.05, 0.1) is 12.2 Å². The first kappa shape index (κ1) is 11.4. The van der Waals surface area contributed by atoms with Gasteiger partial charge in [-0.2, -0.15) is 5.10 Å². The van der Waals surface area contributed by atoms with Gasteiger partial charge in [-0.15, -0.1) is 0 Å². The number of aryl methyl sites for hydroxylation is 3. The van der Waals surface area contributed by atoms with Crippen molar-refractivity contribution in [3.63, 3.8) is 0 Å². The number of aromatic carboxylic acids is 1. The van der Waals surface area contributed by atoms with Crippen LogP contribution in [0.1, 0.15) is 33.3 Å². The molecule has 0 amide bonds. The molecule has 17 heavy (non-hydrogen) atoms. The highest BCUT2D eigenvalue weighted by Gasteiger charge is 2.14. The van der Waals surface area contributed by atoms with Gasteiger partial charge in [0, 0.05) is 5.69 Å². The average molecular weight is 234 g/mol. The summed E-state index contributed by atoms with van der Waals surface area (Å²) in [6.07, 6.45) is 0. The fourth-order valence-corrected chi connectivity index (χ4v) is 1.82. The summed E-state index contributed by atoms with van der Waals surface area (Å²) in [4.78, 5) is 10.9. The quantitative estimate of drug-likeness (QED) is 0.883. The van der Waals surface area contributed by atoms with Gasteiger partial charge in [0.1, 0.15) is 17.1 Å². The molecule has 2 aromatic rings. The van der Waals surface area contributed by atoms with Crippen molar-refractivity contribution in [1.29, 1.82) is 0 Å². The number of aromatic nitrogens is 2. The van der Waals surface area contributed by atoms with Gasteiger partial charge in [-0.05, 0) is 32.9 Å². The lowest BCUT2D eigenvalue weighted by molar-refractivity contribution is 0.0695. The number of carbonyl (C=O) groups is 1. The number of furan rings is 1. The van der Waals surface area contributed by atoms with Gasteiger partial charge < -0.3 is 9.52 Å². The second-order valence-corrected chi connectivity index (χ2v) is 4.07. The van der Waals surface area contributed by atoms with Gasteiger partial charge in [0.2, 0.25) is 0 Å². The fraction of sp³-hybridized carbons (Fsp3) is 0.333. The molecule has 0 saturated carbocycles. The molecule has 1 N–H and O–H groups in total. The van der Waals surface area contributed by atoms with E-state index < -0.39 is 5.97 Å². The Balaban J connectivity index is 2.28. The first-order valence-corrected chi connectivity index (χ1v) is 5.31. The van der Waals surface area contributed by atoms with E-state index in [9.17, 15) is 4.79 Å². The van der Waals surface area contributed by atoms with E-state index in [-0.39, 0.29) is 5.56 Å². The van der Waals surface area contributed by atoms with E-state index in [0.717, 1.165) is 11.4 Å². The molecule has 0 radical (unpaired) electrons. The molecule has 2 rings (SSSR count). The molecule has 90 valence electrons. The largest absolute Gasteiger partial charge is 0.478 e. The van der Waals surface area contributed by atoms with Crippen LogP contribution in [0.5, 0.6) is 0 Å². The number of hydrogen-bond donors (Lipinski definition) is 1. The summed E-state index contributed by atoms with van der Waals surface area (Å²) in [6.45, 7) is 5.97. The highest BCUT2D eigenvalue weighted by atomic mass is 16.4. The lowest BCUT2D eigenvalue weighted by atomic mass is 10.2. The zero-order valence-corrected chi connectivity index (χ0v) is 10.0. The number of nitrogens with zero attached hydrogens (tertiary/aromatic N) is 2. The van der Waals surface area contributed by atoms with Crippen LogP contribution in [0, 0.1) is 20.8 Å². The Hall–Kier alpha value is -2.04. The molecule has 0 unspecified atom stereocenters. The second-order valence-electron chi connectivity index (χ2n) is 4.07. The summed E-state index contributed by atoms with van der Waals surface area (Å²) < 4.78 is 7.19. The molecule has 5 nitrogen and oxygen atoms in total. The Bertz CT molecular complexity index is 566. The Morgan fingerprint density at radius 2 is 2.12 bits per heavy atom. The van der Waals surface area contributed by atoms with E-state index in [1.807, 2.05) is 19.9 Å². The third-order valence-electron chi connectivity index (χ3n) is 2.61. The van der Waals surface area contributed by atoms with Crippen LogP contribution >= 0.6 is 0 Å². The molecule has 0 aliphatic heterocycles. The van der Waals surface area contributed by atoms with Crippen LogP contribution in [0.15, 0.2) is 16.5 Å². The van der Waals surface area contributed by atoms with Gasteiger partial charge in [0.25, 0.3) is 0 Å². The predicted octanol–water partition coefficient (Wildman–Crippen LogP) is 2.15. The maximum absolute atomic E-state index is 10.9. The minimum Gasteiger partial charge on any atom is -0.478 e. The Kier molecular flexibility index (Phi) is 2.75. The Labute approximate surface area is 98.7 Å². The van der Waals surface area contributed by atoms with E-state index in [4.69, 9.17) is 9.52 Å². The molecule has 0 atom stereocenters. The zero-order valence-electron chi connectivity index (χ0n) is 10.0. The van der Waals surface area contributed by atoms with Crippen molar-refractivity contribution in [1.82, 2.24) is 9.78 Å². The predicted molar refractivity (Wildman–Crippen MR) is 61.2 cm³/mol. The molecule has 2 aromatic heterocycles. The minimum absolute atomic E-state index is 0.210. The molecule has 0 bridgehead atoms. The van der Waals surface area contributed by atoms with E-state index in [2.05, 4.69) is 5.10 Å². The van der Waals surface area contributed by atoms with Crippen molar-refractivity contribution < 1.29 is 14.3 Å². The van der Waals surface area contributed by atoms with Gasteiger partial charge in [0.15, 0.2) is 0 Å². The summed E-state index contributed by atoms with van der Waals surface area (Å²) in [7, 11) is 0. The van der Waals surface area contributed by atoms with Crippen molar-refractivity contribution in [2.45, 2.75) is 27.3 Å². The maximum atomic E-state index is 10.9. The summed E-state index contributed by atoms with van der Waals surface area (Å²) in [5, 5.41) is 13.2. The molecule has 0 aliphatic rings. The summed E-state index contributed by atoms with van der Waals surface area (Å²) in [5.74, 6) is 0.0611. The summed E-state index contributed by atoms with van der Waals surface area (Å²) >= 11 is 0. The molecule has 2 heterocycles. The lowest BCUT2D eigenvalue weighted by Crippen LogP contribution is -2.03. The molecule has 0 aromatic carbocycles. The summed E-state index contributed by atoms with van der Waals surface area (Å²) in [6, 6.07) is 3.52. The first-order chi connectivity index (χ1) is 7.97. The van der Waals surface area contributed by atoms with Crippen LogP contribution in [-0.2, 0) is 6.54 Å². The minimum atomic E-state index is -0.967. The Morgan fingerprint density at radius 1 is 1.41 bits per heavy atom. The van der Waals surface area contributed by atoms with Gasteiger partial charge in [-0.1, -0.05) is 0 Å². The van der Waals surface area contributed by atoms with Gasteiger partial charge in [-0.25, -0.2) is 4.79 Å². The topological polar surface area (TPSA) is 68.3 Å². The fourth-order valence-electron chi connectivity index (χ4n) is 1.82.